The Morgan fingerprint density at radius 3 is 2.55 bits per heavy atom. The molecule has 106 valence electrons. The highest BCUT2D eigenvalue weighted by atomic mass is 79.9. The summed E-state index contributed by atoms with van der Waals surface area (Å²) >= 11 is 3.31. The molecule has 2 aromatic carbocycles. The fourth-order valence-electron chi connectivity index (χ4n) is 1.88. The molecule has 0 aromatic heterocycles. The molecule has 2 nitrogen and oxygen atoms in total. The van der Waals surface area contributed by atoms with Gasteiger partial charge in [0, 0.05) is 10.0 Å². The maximum Gasteiger partial charge on any atom is 0.159 e. The van der Waals surface area contributed by atoms with Gasteiger partial charge in [0.05, 0.1) is 6.61 Å². The van der Waals surface area contributed by atoms with Crippen LogP contribution in [0, 0.1) is 11.6 Å². The topological polar surface area (TPSA) is 29.5 Å². The zero-order valence-electron chi connectivity index (χ0n) is 10.7. The molecule has 0 heterocycles. The molecule has 2 rings (SSSR count). The molecular formula is C15H13BrF2O2. The molecule has 2 aromatic rings. The molecule has 0 aliphatic carbocycles. The van der Waals surface area contributed by atoms with Crippen LogP contribution in [-0.4, -0.2) is 11.7 Å². The number of rotatable bonds is 4. The van der Waals surface area contributed by atoms with Gasteiger partial charge >= 0.3 is 0 Å². The van der Waals surface area contributed by atoms with Crippen molar-refractivity contribution in [1.29, 1.82) is 0 Å². The third kappa shape index (κ3) is 3.16. The van der Waals surface area contributed by atoms with Gasteiger partial charge in [-0.1, -0.05) is 22.0 Å². The predicted molar refractivity (Wildman–Crippen MR) is 75.7 cm³/mol. The van der Waals surface area contributed by atoms with E-state index < -0.39 is 17.7 Å². The summed E-state index contributed by atoms with van der Waals surface area (Å²) in [7, 11) is 0. The van der Waals surface area contributed by atoms with E-state index in [1.807, 2.05) is 6.92 Å². The summed E-state index contributed by atoms with van der Waals surface area (Å²) in [4.78, 5) is 0. The molecule has 0 radical (unpaired) electrons. The zero-order chi connectivity index (χ0) is 14.7. The molecule has 20 heavy (non-hydrogen) atoms. The van der Waals surface area contributed by atoms with Crippen molar-refractivity contribution in [3.8, 4) is 5.75 Å². The fraction of sp³-hybridized carbons (Fsp3) is 0.200. The molecule has 5 heteroatoms. The van der Waals surface area contributed by atoms with Crippen molar-refractivity contribution in [2.75, 3.05) is 6.61 Å². The van der Waals surface area contributed by atoms with Crippen molar-refractivity contribution in [3.63, 3.8) is 0 Å². The number of aliphatic hydroxyl groups excluding tert-OH is 1. The van der Waals surface area contributed by atoms with Crippen LogP contribution in [0.4, 0.5) is 8.78 Å². The van der Waals surface area contributed by atoms with Crippen molar-refractivity contribution >= 4 is 15.9 Å². The van der Waals surface area contributed by atoms with Gasteiger partial charge in [-0.15, -0.1) is 0 Å². The molecule has 0 bridgehead atoms. The molecule has 0 amide bonds. The predicted octanol–water partition coefficient (Wildman–Crippen LogP) is 4.21. The molecular weight excluding hydrogens is 330 g/mol. The lowest BCUT2D eigenvalue weighted by Crippen LogP contribution is -2.05. The lowest BCUT2D eigenvalue weighted by molar-refractivity contribution is 0.211. The van der Waals surface area contributed by atoms with E-state index in [0.29, 0.717) is 17.9 Å². The Morgan fingerprint density at radius 1 is 1.15 bits per heavy atom. The van der Waals surface area contributed by atoms with Crippen LogP contribution in [0.2, 0.25) is 0 Å². The van der Waals surface area contributed by atoms with Crippen LogP contribution in [-0.2, 0) is 0 Å². The summed E-state index contributed by atoms with van der Waals surface area (Å²) in [5.41, 5.74) is 0.759. The maximum absolute atomic E-state index is 13.3. The van der Waals surface area contributed by atoms with E-state index in [1.165, 1.54) is 6.07 Å². The van der Waals surface area contributed by atoms with Crippen LogP contribution >= 0.6 is 15.9 Å². The largest absolute Gasteiger partial charge is 0.493 e. The number of benzene rings is 2. The second-order valence-corrected chi connectivity index (χ2v) is 5.11. The van der Waals surface area contributed by atoms with Crippen LogP contribution in [0.5, 0.6) is 5.75 Å². The summed E-state index contributed by atoms with van der Waals surface area (Å²) in [6, 6.07) is 8.51. The van der Waals surface area contributed by atoms with Gasteiger partial charge in [0.15, 0.2) is 11.6 Å². The molecule has 0 fully saturated rings. The molecule has 0 spiro atoms. The van der Waals surface area contributed by atoms with Crippen molar-refractivity contribution in [1.82, 2.24) is 0 Å². The van der Waals surface area contributed by atoms with Gasteiger partial charge in [-0.05, 0) is 42.8 Å². The monoisotopic (exact) mass is 342 g/mol. The van der Waals surface area contributed by atoms with Crippen molar-refractivity contribution in [2.24, 2.45) is 0 Å². The summed E-state index contributed by atoms with van der Waals surface area (Å²) in [5, 5.41) is 10.3. The molecule has 0 aliphatic rings. The van der Waals surface area contributed by atoms with E-state index in [4.69, 9.17) is 4.74 Å². The van der Waals surface area contributed by atoms with E-state index in [9.17, 15) is 13.9 Å². The van der Waals surface area contributed by atoms with E-state index in [2.05, 4.69) is 15.9 Å². The highest BCUT2D eigenvalue weighted by molar-refractivity contribution is 9.10. The minimum Gasteiger partial charge on any atom is -0.493 e. The number of aliphatic hydroxyl groups is 1. The van der Waals surface area contributed by atoms with E-state index in [1.54, 1.807) is 18.2 Å². The first kappa shape index (κ1) is 14.9. The first-order valence-corrected chi connectivity index (χ1v) is 6.87. The van der Waals surface area contributed by atoms with Crippen molar-refractivity contribution in [3.05, 3.63) is 63.6 Å². The normalized spacial score (nSPS) is 12.2. The molecule has 0 saturated carbocycles. The molecule has 1 unspecified atom stereocenters. The first-order valence-electron chi connectivity index (χ1n) is 6.08. The summed E-state index contributed by atoms with van der Waals surface area (Å²) in [6.07, 6.45) is -1.09. The van der Waals surface area contributed by atoms with Crippen LogP contribution in [0.3, 0.4) is 0 Å². The number of halogens is 3. The Kier molecular flexibility index (Phi) is 4.73. The van der Waals surface area contributed by atoms with Gasteiger partial charge in [-0.2, -0.15) is 0 Å². The van der Waals surface area contributed by atoms with Gasteiger partial charge in [0.1, 0.15) is 11.9 Å². The van der Waals surface area contributed by atoms with Crippen molar-refractivity contribution < 1.29 is 18.6 Å². The van der Waals surface area contributed by atoms with Crippen molar-refractivity contribution in [2.45, 2.75) is 13.0 Å². The summed E-state index contributed by atoms with van der Waals surface area (Å²) in [5.74, 6) is -1.43. The molecule has 0 saturated heterocycles. The van der Waals surface area contributed by atoms with E-state index in [-0.39, 0.29) is 5.56 Å². The standard InChI is InChI=1S/C15H13BrF2O2/c1-2-20-14-6-4-10(16)8-11(14)15(19)9-3-5-12(17)13(18)7-9/h3-8,15,19H,2H2,1H3. The average Bonchev–Trinajstić information content (AvgIpc) is 2.43. The summed E-state index contributed by atoms with van der Waals surface area (Å²) in [6.45, 7) is 2.27. The van der Waals surface area contributed by atoms with Crippen LogP contribution in [0.1, 0.15) is 24.2 Å². The third-order valence-electron chi connectivity index (χ3n) is 2.83. The fourth-order valence-corrected chi connectivity index (χ4v) is 2.26. The minimum absolute atomic E-state index is 0.267. The Balaban J connectivity index is 2.43. The second kappa shape index (κ2) is 6.33. The number of hydrogen-bond donors (Lipinski definition) is 1. The Hall–Kier alpha value is -1.46. The van der Waals surface area contributed by atoms with Gasteiger partial charge in [0.2, 0.25) is 0 Å². The van der Waals surface area contributed by atoms with Crippen LogP contribution in [0.15, 0.2) is 40.9 Å². The SMILES string of the molecule is CCOc1ccc(Br)cc1C(O)c1ccc(F)c(F)c1. The smallest absolute Gasteiger partial charge is 0.159 e. The van der Waals surface area contributed by atoms with Gasteiger partial charge in [-0.3, -0.25) is 0 Å². The minimum atomic E-state index is -1.09. The van der Waals surface area contributed by atoms with Gasteiger partial charge in [-0.25, -0.2) is 8.78 Å². The molecule has 1 N–H and O–H groups in total. The number of hydrogen-bond acceptors (Lipinski definition) is 2. The zero-order valence-corrected chi connectivity index (χ0v) is 12.3. The van der Waals surface area contributed by atoms with Crippen LogP contribution < -0.4 is 4.74 Å². The Bertz CT molecular complexity index is 617. The maximum atomic E-state index is 13.3. The molecule has 0 aliphatic heterocycles. The third-order valence-corrected chi connectivity index (χ3v) is 3.32. The van der Waals surface area contributed by atoms with E-state index >= 15 is 0 Å². The van der Waals surface area contributed by atoms with Crippen LogP contribution in [0.25, 0.3) is 0 Å². The highest BCUT2D eigenvalue weighted by Gasteiger charge is 2.17. The Morgan fingerprint density at radius 2 is 1.90 bits per heavy atom. The second-order valence-electron chi connectivity index (χ2n) is 4.19. The molecule has 1 atom stereocenters. The van der Waals surface area contributed by atoms with Gasteiger partial charge in [0.25, 0.3) is 0 Å². The lowest BCUT2D eigenvalue weighted by atomic mass is 10.0. The van der Waals surface area contributed by atoms with E-state index in [0.717, 1.165) is 16.6 Å². The highest BCUT2D eigenvalue weighted by Crippen LogP contribution is 2.33. The number of ether oxygens (including phenoxy) is 1. The quantitative estimate of drug-likeness (QED) is 0.901. The lowest BCUT2D eigenvalue weighted by Gasteiger charge is -2.16. The Labute approximate surface area is 124 Å². The average molecular weight is 343 g/mol. The first-order chi connectivity index (χ1) is 9.52. The summed E-state index contributed by atoms with van der Waals surface area (Å²) < 4.78 is 32.4. The van der Waals surface area contributed by atoms with Gasteiger partial charge < -0.3 is 9.84 Å².